The zero-order valence-electron chi connectivity index (χ0n) is 14.5. The molecule has 0 heterocycles. The Balaban J connectivity index is 3.10. The van der Waals surface area contributed by atoms with Crippen molar-refractivity contribution in [3.63, 3.8) is 0 Å². The fourth-order valence-electron chi connectivity index (χ4n) is 1.93. The van der Waals surface area contributed by atoms with Gasteiger partial charge in [-0.15, -0.1) is 0 Å². The van der Waals surface area contributed by atoms with Crippen molar-refractivity contribution in [2.75, 3.05) is 46.2 Å². The predicted molar refractivity (Wildman–Crippen MR) is 89.1 cm³/mol. The van der Waals surface area contributed by atoms with E-state index >= 15 is 0 Å². The number of hydrogen-bond acceptors (Lipinski definition) is 4. The molecule has 0 radical (unpaired) electrons. The van der Waals surface area contributed by atoms with Crippen molar-refractivity contribution in [1.82, 2.24) is 5.32 Å². The molecule has 0 aromatic heterocycles. The minimum absolute atomic E-state index is 0.129. The molecule has 132 valence electrons. The Hall–Kier alpha value is -0.650. The normalized spacial score (nSPS) is 10.8. The van der Waals surface area contributed by atoms with E-state index in [1.807, 2.05) is 0 Å². The predicted octanol–water partition coefficient (Wildman–Crippen LogP) is 2.92. The standard InChI is InChI=1S/C17H35NO4/c1-3-5-6-7-8-9-17(19)18-10-12-21-14-16-22-15-13-20-11-4-2/h3-16H2,1-2H3,(H,18,19). The first-order valence-corrected chi connectivity index (χ1v) is 8.81. The van der Waals surface area contributed by atoms with E-state index in [4.69, 9.17) is 14.2 Å². The maximum atomic E-state index is 11.5. The molecule has 1 amide bonds. The molecule has 1 N–H and O–H groups in total. The highest BCUT2D eigenvalue weighted by molar-refractivity contribution is 5.75. The first-order chi connectivity index (χ1) is 10.8. The van der Waals surface area contributed by atoms with Crippen LogP contribution in [0.2, 0.25) is 0 Å². The van der Waals surface area contributed by atoms with Gasteiger partial charge in [-0.05, 0) is 12.8 Å². The Morgan fingerprint density at radius 1 is 0.727 bits per heavy atom. The second-order valence-corrected chi connectivity index (χ2v) is 5.35. The van der Waals surface area contributed by atoms with Crippen molar-refractivity contribution in [2.24, 2.45) is 0 Å². The number of nitrogens with one attached hydrogen (secondary N) is 1. The molecule has 0 fully saturated rings. The number of rotatable bonds is 17. The quantitative estimate of drug-likeness (QED) is 0.419. The van der Waals surface area contributed by atoms with Gasteiger partial charge in [-0.1, -0.05) is 39.5 Å². The molecule has 0 saturated heterocycles. The molecule has 5 nitrogen and oxygen atoms in total. The van der Waals surface area contributed by atoms with Gasteiger partial charge in [0.05, 0.1) is 33.0 Å². The van der Waals surface area contributed by atoms with Crippen molar-refractivity contribution in [3.8, 4) is 0 Å². The van der Waals surface area contributed by atoms with Crippen LogP contribution in [0.15, 0.2) is 0 Å². The average molecular weight is 317 g/mol. The molecular formula is C17H35NO4. The van der Waals surface area contributed by atoms with E-state index in [9.17, 15) is 4.79 Å². The summed E-state index contributed by atoms with van der Waals surface area (Å²) in [4.78, 5) is 11.5. The monoisotopic (exact) mass is 317 g/mol. The fourth-order valence-corrected chi connectivity index (χ4v) is 1.93. The van der Waals surface area contributed by atoms with Crippen LogP contribution in [-0.4, -0.2) is 52.1 Å². The van der Waals surface area contributed by atoms with Gasteiger partial charge in [0, 0.05) is 19.6 Å². The zero-order chi connectivity index (χ0) is 16.3. The molecule has 0 aromatic rings. The second-order valence-electron chi connectivity index (χ2n) is 5.35. The summed E-state index contributed by atoms with van der Waals surface area (Å²) >= 11 is 0. The van der Waals surface area contributed by atoms with Gasteiger partial charge < -0.3 is 19.5 Å². The minimum Gasteiger partial charge on any atom is -0.379 e. The number of hydrogen-bond donors (Lipinski definition) is 1. The number of carbonyl (C=O) groups is 1. The molecular weight excluding hydrogens is 282 g/mol. The molecule has 0 aliphatic carbocycles. The lowest BCUT2D eigenvalue weighted by Crippen LogP contribution is -2.27. The van der Waals surface area contributed by atoms with Gasteiger partial charge in [-0.3, -0.25) is 4.79 Å². The topological polar surface area (TPSA) is 56.8 Å². The van der Waals surface area contributed by atoms with Gasteiger partial charge in [-0.2, -0.15) is 0 Å². The van der Waals surface area contributed by atoms with Crippen LogP contribution >= 0.6 is 0 Å². The van der Waals surface area contributed by atoms with E-state index < -0.39 is 0 Å². The summed E-state index contributed by atoms with van der Waals surface area (Å²) in [6, 6.07) is 0. The van der Waals surface area contributed by atoms with E-state index in [1.54, 1.807) is 0 Å². The molecule has 0 aliphatic rings. The van der Waals surface area contributed by atoms with Gasteiger partial charge in [0.2, 0.25) is 5.91 Å². The summed E-state index contributed by atoms with van der Waals surface area (Å²) in [5, 5.41) is 2.87. The molecule has 0 aliphatic heterocycles. The van der Waals surface area contributed by atoms with Gasteiger partial charge in [-0.25, -0.2) is 0 Å². The van der Waals surface area contributed by atoms with Crippen molar-refractivity contribution in [2.45, 2.75) is 58.8 Å². The third kappa shape index (κ3) is 17.4. The fraction of sp³-hybridized carbons (Fsp3) is 0.941. The summed E-state index contributed by atoms with van der Waals surface area (Å²) < 4.78 is 16.0. The van der Waals surface area contributed by atoms with Gasteiger partial charge in [0.15, 0.2) is 0 Å². The van der Waals surface area contributed by atoms with E-state index in [0.29, 0.717) is 46.0 Å². The maximum absolute atomic E-state index is 11.5. The largest absolute Gasteiger partial charge is 0.379 e. The van der Waals surface area contributed by atoms with Crippen LogP contribution in [0.3, 0.4) is 0 Å². The summed E-state index contributed by atoms with van der Waals surface area (Å²) in [6.07, 6.45) is 7.54. The summed E-state index contributed by atoms with van der Waals surface area (Å²) in [5.74, 6) is 0.129. The summed E-state index contributed by atoms with van der Waals surface area (Å²) in [6.45, 7) is 8.56. The SMILES string of the molecule is CCCCCCCC(=O)NCCOCCOCCOCCC. The smallest absolute Gasteiger partial charge is 0.220 e. The first kappa shape index (κ1) is 21.4. The molecule has 0 bridgehead atoms. The molecule has 22 heavy (non-hydrogen) atoms. The Bertz CT molecular complexity index is 237. The van der Waals surface area contributed by atoms with E-state index in [1.165, 1.54) is 19.3 Å². The van der Waals surface area contributed by atoms with E-state index in [0.717, 1.165) is 25.9 Å². The number of unbranched alkanes of at least 4 members (excludes halogenated alkanes) is 4. The van der Waals surface area contributed by atoms with Gasteiger partial charge >= 0.3 is 0 Å². The van der Waals surface area contributed by atoms with Crippen LogP contribution in [-0.2, 0) is 19.0 Å². The Morgan fingerprint density at radius 3 is 1.95 bits per heavy atom. The van der Waals surface area contributed by atoms with E-state index in [-0.39, 0.29) is 5.91 Å². The molecule has 0 unspecified atom stereocenters. The van der Waals surface area contributed by atoms with Crippen molar-refractivity contribution in [3.05, 3.63) is 0 Å². The highest BCUT2D eigenvalue weighted by Gasteiger charge is 2.00. The van der Waals surface area contributed by atoms with Crippen LogP contribution in [0.4, 0.5) is 0 Å². The van der Waals surface area contributed by atoms with Crippen LogP contribution in [0, 0.1) is 0 Å². The lowest BCUT2D eigenvalue weighted by atomic mass is 10.1. The summed E-state index contributed by atoms with van der Waals surface area (Å²) in [7, 11) is 0. The number of ether oxygens (including phenoxy) is 3. The second kappa shape index (κ2) is 18.4. The third-order valence-electron chi connectivity index (χ3n) is 3.17. The minimum atomic E-state index is 0.129. The van der Waals surface area contributed by atoms with E-state index in [2.05, 4.69) is 19.2 Å². The molecule has 5 heteroatoms. The molecule has 0 atom stereocenters. The van der Waals surface area contributed by atoms with Gasteiger partial charge in [0.25, 0.3) is 0 Å². The lowest BCUT2D eigenvalue weighted by Gasteiger charge is -2.07. The average Bonchev–Trinajstić information content (AvgIpc) is 2.52. The van der Waals surface area contributed by atoms with Crippen LogP contribution in [0.1, 0.15) is 58.8 Å². The number of amides is 1. The van der Waals surface area contributed by atoms with Crippen molar-refractivity contribution in [1.29, 1.82) is 0 Å². The third-order valence-corrected chi connectivity index (χ3v) is 3.17. The van der Waals surface area contributed by atoms with Crippen LogP contribution in [0.5, 0.6) is 0 Å². The van der Waals surface area contributed by atoms with Crippen molar-refractivity contribution >= 4 is 5.91 Å². The lowest BCUT2D eigenvalue weighted by molar-refractivity contribution is -0.121. The van der Waals surface area contributed by atoms with Crippen LogP contribution < -0.4 is 5.32 Å². The first-order valence-electron chi connectivity index (χ1n) is 8.81. The molecule has 0 aromatic carbocycles. The van der Waals surface area contributed by atoms with Gasteiger partial charge in [0.1, 0.15) is 0 Å². The zero-order valence-corrected chi connectivity index (χ0v) is 14.5. The summed E-state index contributed by atoms with van der Waals surface area (Å²) in [5.41, 5.74) is 0. The molecule has 0 saturated carbocycles. The Morgan fingerprint density at radius 2 is 1.32 bits per heavy atom. The highest BCUT2D eigenvalue weighted by Crippen LogP contribution is 2.04. The van der Waals surface area contributed by atoms with Crippen molar-refractivity contribution < 1.29 is 19.0 Å². The Labute approximate surface area is 136 Å². The molecule has 0 spiro atoms. The van der Waals surface area contributed by atoms with Crippen LogP contribution in [0.25, 0.3) is 0 Å². The molecule has 0 rings (SSSR count). The highest BCUT2D eigenvalue weighted by atomic mass is 16.5. The number of carbonyl (C=O) groups excluding carboxylic acids is 1. The Kier molecular flexibility index (Phi) is 17.9. The maximum Gasteiger partial charge on any atom is 0.220 e.